The van der Waals surface area contributed by atoms with Crippen LogP contribution in [0.4, 0.5) is 5.69 Å². The van der Waals surface area contributed by atoms with E-state index in [4.69, 9.17) is 4.74 Å². The summed E-state index contributed by atoms with van der Waals surface area (Å²) in [5, 5.41) is 0. The number of esters is 1. The molecule has 18 heavy (non-hydrogen) atoms. The minimum absolute atomic E-state index is 0.105. The van der Waals surface area contributed by atoms with Crippen LogP contribution in [0.2, 0.25) is 0 Å². The van der Waals surface area contributed by atoms with Crippen LogP contribution < -0.4 is 4.90 Å². The second kappa shape index (κ2) is 5.85. The van der Waals surface area contributed by atoms with Gasteiger partial charge in [0, 0.05) is 24.1 Å². The lowest BCUT2D eigenvalue weighted by Gasteiger charge is -2.35. The average molecular weight is 248 g/mol. The summed E-state index contributed by atoms with van der Waals surface area (Å²) in [5.41, 5.74) is 2.04. The fourth-order valence-electron chi connectivity index (χ4n) is 2.43. The first-order valence-electron chi connectivity index (χ1n) is 6.58. The summed E-state index contributed by atoms with van der Waals surface area (Å²) in [4.78, 5) is 18.3. The van der Waals surface area contributed by atoms with Crippen LogP contribution in [0.5, 0.6) is 0 Å². The van der Waals surface area contributed by atoms with Gasteiger partial charge in [0.2, 0.25) is 0 Å². The highest BCUT2D eigenvalue weighted by molar-refractivity contribution is 5.80. The Balaban J connectivity index is 2.20. The van der Waals surface area contributed by atoms with Gasteiger partial charge < -0.3 is 9.64 Å². The average Bonchev–Trinajstić information content (AvgIpc) is 2.39. The van der Waals surface area contributed by atoms with Crippen molar-refractivity contribution in [2.45, 2.75) is 39.2 Å². The summed E-state index contributed by atoms with van der Waals surface area (Å²) < 4.78 is 5.17. The minimum atomic E-state index is -0.138. The van der Waals surface area contributed by atoms with Crippen LogP contribution in [0.3, 0.4) is 0 Å². The molecule has 0 radical (unpaired) electrons. The number of rotatable bonds is 3. The number of piperidine rings is 1. The highest BCUT2D eigenvalue weighted by Gasteiger charge is 2.29. The number of aromatic nitrogens is 1. The number of anilines is 1. The molecule has 0 amide bonds. The van der Waals surface area contributed by atoms with Crippen LogP contribution in [0.15, 0.2) is 18.3 Å². The Kier molecular flexibility index (Phi) is 4.18. The first-order valence-corrected chi connectivity index (χ1v) is 6.58. The fraction of sp³-hybridized carbons (Fsp3) is 0.571. The van der Waals surface area contributed by atoms with Crippen molar-refractivity contribution < 1.29 is 9.53 Å². The number of hydrogen-bond acceptors (Lipinski definition) is 4. The van der Waals surface area contributed by atoms with Crippen molar-refractivity contribution >= 4 is 11.7 Å². The predicted octanol–water partition coefficient (Wildman–Crippen LogP) is 2.31. The van der Waals surface area contributed by atoms with Gasteiger partial charge in [0.1, 0.15) is 6.04 Å². The minimum Gasteiger partial charge on any atom is -0.464 e. The van der Waals surface area contributed by atoms with Gasteiger partial charge in [-0.05, 0) is 45.2 Å². The molecule has 2 heterocycles. The van der Waals surface area contributed by atoms with Gasteiger partial charge in [-0.15, -0.1) is 0 Å². The normalized spacial score (nSPS) is 19.7. The van der Waals surface area contributed by atoms with Gasteiger partial charge in [0.25, 0.3) is 0 Å². The van der Waals surface area contributed by atoms with Crippen molar-refractivity contribution in [3.8, 4) is 0 Å². The lowest BCUT2D eigenvalue weighted by molar-refractivity contribution is -0.145. The van der Waals surface area contributed by atoms with Crippen LogP contribution in [-0.4, -0.2) is 30.1 Å². The van der Waals surface area contributed by atoms with Crippen molar-refractivity contribution in [2.24, 2.45) is 0 Å². The van der Waals surface area contributed by atoms with Gasteiger partial charge in [0.05, 0.1) is 6.61 Å². The molecule has 1 aromatic rings. The maximum Gasteiger partial charge on any atom is 0.328 e. The largest absolute Gasteiger partial charge is 0.464 e. The number of hydrogen-bond donors (Lipinski definition) is 0. The third-order valence-electron chi connectivity index (χ3n) is 3.27. The van der Waals surface area contributed by atoms with E-state index in [1.54, 1.807) is 6.20 Å². The van der Waals surface area contributed by atoms with Gasteiger partial charge in [-0.3, -0.25) is 4.98 Å². The molecule has 0 aliphatic carbocycles. The summed E-state index contributed by atoms with van der Waals surface area (Å²) in [7, 11) is 0. The Bertz CT molecular complexity index is 420. The number of pyridine rings is 1. The van der Waals surface area contributed by atoms with Gasteiger partial charge in [-0.25, -0.2) is 4.79 Å². The number of carbonyl (C=O) groups is 1. The summed E-state index contributed by atoms with van der Waals surface area (Å²) in [5.74, 6) is -0.105. The van der Waals surface area contributed by atoms with Crippen LogP contribution >= 0.6 is 0 Å². The van der Waals surface area contributed by atoms with Crippen LogP contribution in [0, 0.1) is 6.92 Å². The topological polar surface area (TPSA) is 42.4 Å². The van der Waals surface area contributed by atoms with Crippen LogP contribution in [-0.2, 0) is 9.53 Å². The standard InChI is InChI=1S/C14H20N2O2/c1-3-18-14(17)13-6-4-5-9-16(13)12-7-8-15-11(2)10-12/h7-8,10,13H,3-6,9H2,1-2H3. The van der Waals surface area contributed by atoms with Crippen LogP contribution in [0.25, 0.3) is 0 Å². The first-order chi connectivity index (χ1) is 8.72. The van der Waals surface area contributed by atoms with Crippen molar-refractivity contribution in [3.63, 3.8) is 0 Å². The third kappa shape index (κ3) is 2.81. The molecule has 0 saturated carbocycles. The zero-order valence-corrected chi connectivity index (χ0v) is 11.1. The SMILES string of the molecule is CCOC(=O)C1CCCCN1c1ccnc(C)c1. The molecular weight excluding hydrogens is 228 g/mol. The van der Waals surface area contributed by atoms with Crippen LogP contribution in [0.1, 0.15) is 31.9 Å². The van der Waals surface area contributed by atoms with Crippen molar-refractivity contribution in [1.29, 1.82) is 0 Å². The van der Waals surface area contributed by atoms with E-state index in [-0.39, 0.29) is 12.0 Å². The highest BCUT2D eigenvalue weighted by Crippen LogP contribution is 2.25. The summed E-state index contributed by atoms with van der Waals surface area (Å²) in [6.07, 6.45) is 4.88. The number of ether oxygens (including phenoxy) is 1. The Morgan fingerprint density at radius 1 is 1.56 bits per heavy atom. The van der Waals surface area contributed by atoms with Gasteiger partial charge >= 0.3 is 5.97 Å². The molecule has 4 heteroatoms. The van der Waals surface area contributed by atoms with Gasteiger partial charge in [-0.1, -0.05) is 0 Å². The zero-order valence-electron chi connectivity index (χ0n) is 11.1. The maximum atomic E-state index is 12.0. The van der Waals surface area contributed by atoms with Gasteiger partial charge in [0.15, 0.2) is 0 Å². The van der Waals surface area contributed by atoms with E-state index in [0.717, 1.165) is 37.2 Å². The van der Waals surface area contributed by atoms with E-state index < -0.39 is 0 Å². The molecule has 1 fully saturated rings. The van der Waals surface area contributed by atoms with E-state index in [9.17, 15) is 4.79 Å². The molecule has 4 nitrogen and oxygen atoms in total. The van der Waals surface area contributed by atoms with Crippen molar-refractivity contribution in [2.75, 3.05) is 18.1 Å². The molecule has 1 atom stereocenters. The van der Waals surface area contributed by atoms with E-state index in [1.165, 1.54) is 0 Å². The Hall–Kier alpha value is -1.58. The zero-order chi connectivity index (χ0) is 13.0. The molecule has 2 rings (SSSR count). The fourth-order valence-corrected chi connectivity index (χ4v) is 2.43. The first kappa shape index (κ1) is 12.9. The molecule has 0 aromatic carbocycles. The summed E-state index contributed by atoms with van der Waals surface area (Å²) in [6.45, 7) is 5.17. The Morgan fingerprint density at radius 2 is 2.39 bits per heavy atom. The lowest BCUT2D eigenvalue weighted by Crippen LogP contribution is -2.45. The monoisotopic (exact) mass is 248 g/mol. The molecule has 1 saturated heterocycles. The summed E-state index contributed by atoms with van der Waals surface area (Å²) in [6, 6.07) is 3.85. The Morgan fingerprint density at radius 3 is 3.11 bits per heavy atom. The number of aryl methyl sites for hydroxylation is 1. The molecule has 1 aromatic heterocycles. The Labute approximate surface area is 108 Å². The molecular formula is C14H20N2O2. The quantitative estimate of drug-likeness (QED) is 0.770. The molecule has 98 valence electrons. The second-order valence-electron chi connectivity index (χ2n) is 4.61. The van der Waals surface area contributed by atoms with E-state index in [1.807, 2.05) is 26.0 Å². The molecule has 1 unspecified atom stereocenters. The second-order valence-corrected chi connectivity index (χ2v) is 4.61. The molecule has 0 N–H and O–H groups in total. The summed E-state index contributed by atoms with van der Waals surface area (Å²) >= 11 is 0. The molecule has 0 bridgehead atoms. The smallest absolute Gasteiger partial charge is 0.328 e. The molecule has 1 aliphatic heterocycles. The number of nitrogens with zero attached hydrogens (tertiary/aromatic N) is 2. The van der Waals surface area contributed by atoms with Gasteiger partial charge in [-0.2, -0.15) is 0 Å². The maximum absolute atomic E-state index is 12.0. The molecule has 1 aliphatic rings. The molecule has 0 spiro atoms. The van der Waals surface area contributed by atoms with E-state index in [0.29, 0.717) is 6.61 Å². The predicted molar refractivity (Wildman–Crippen MR) is 70.6 cm³/mol. The lowest BCUT2D eigenvalue weighted by atomic mass is 10.0. The van der Waals surface area contributed by atoms with Crippen molar-refractivity contribution in [3.05, 3.63) is 24.0 Å². The van der Waals surface area contributed by atoms with Crippen molar-refractivity contribution in [1.82, 2.24) is 4.98 Å². The van der Waals surface area contributed by atoms with E-state index >= 15 is 0 Å². The third-order valence-corrected chi connectivity index (χ3v) is 3.27. The number of carbonyl (C=O) groups excluding carboxylic acids is 1. The van der Waals surface area contributed by atoms with E-state index in [2.05, 4.69) is 9.88 Å². The highest BCUT2D eigenvalue weighted by atomic mass is 16.5.